The first kappa shape index (κ1) is 16.6. The van der Waals surface area contributed by atoms with Gasteiger partial charge >= 0.3 is 0 Å². The van der Waals surface area contributed by atoms with Crippen molar-refractivity contribution in [2.75, 3.05) is 33.7 Å². The summed E-state index contributed by atoms with van der Waals surface area (Å²) in [6.45, 7) is 2.81. The summed E-state index contributed by atoms with van der Waals surface area (Å²) < 4.78 is 26.1. The van der Waals surface area contributed by atoms with Gasteiger partial charge < -0.3 is 10.2 Å². The first-order chi connectivity index (χ1) is 9.31. The van der Waals surface area contributed by atoms with Crippen LogP contribution in [0.15, 0.2) is 29.2 Å². The van der Waals surface area contributed by atoms with E-state index in [0.717, 1.165) is 5.56 Å². The molecule has 0 bridgehead atoms. The first-order valence-electron chi connectivity index (χ1n) is 6.29. The van der Waals surface area contributed by atoms with E-state index in [1.54, 1.807) is 12.1 Å². The van der Waals surface area contributed by atoms with Crippen molar-refractivity contribution in [3.05, 3.63) is 29.8 Å². The molecule has 0 saturated heterocycles. The van der Waals surface area contributed by atoms with Gasteiger partial charge in [-0.3, -0.25) is 4.79 Å². The van der Waals surface area contributed by atoms with Gasteiger partial charge in [-0.05, 0) is 33.2 Å². The van der Waals surface area contributed by atoms with E-state index in [0.29, 0.717) is 13.1 Å². The Bertz CT molecular complexity index is 538. The molecular formula is C13H21N3O3S. The predicted octanol–water partition coefficient (Wildman–Crippen LogP) is -0.0489. The van der Waals surface area contributed by atoms with Crippen molar-refractivity contribution in [3.63, 3.8) is 0 Å². The third kappa shape index (κ3) is 5.68. The molecule has 0 aliphatic heterocycles. The number of carbonyl (C=O) groups excluding carboxylic acids is 1. The molecule has 0 fully saturated rings. The number of benzene rings is 1. The van der Waals surface area contributed by atoms with Gasteiger partial charge in [0.1, 0.15) is 0 Å². The van der Waals surface area contributed by atoms with Gasteiger partial charge in [0, 0.05) is 13.1 Å². The van der Waals surface area contributed by atoms with E-state index in [4.69, 9.17) is 0 Å². The van der Waals surface area contributed by atoms with Crippen molar-refractivity contribution in [2.24, 2.45) is 0 Å². The molecule has 0 unspecified atom stereocenters. The molecule has 1 aromatic carbocycles. The van der Waals surface area contributed by atoms with Crippen LogP contribution in [0.5, 0.6) is 0 Å². The number of hydrogen-bond acceptors (Lipinski definition) is 4. The molecule has 6 nitrogen and oxygen atoms in total. The van der Waals surface area contributed by atoms with Crippen molar-refractivity contribution in [3.8, 4) is 0 Å². The molecule has 1 amide bonds. The van der Waals surface area contributed by atoms with Crippen LogP contribution in [-0.4, -0.2) is 53.0 Å². The highest BCUT2D eigenvalue weighted by molar-refractivity contribution is 7.89. The van der Waals surface area contributed by atoms with E-state index in [9.17, 15) is 13.2 Å². The van der Waals surface area contributed by atoms with Crippen LogP contribution < -0.4 is 10.0 Å². The maximum Gasteiger partial charge on any atom is 0.241 e. The Morgan fingerprint density at radius 1 is 1.20 bits per heavy atom. The van der Waals surface area contributed by atoms with Gasteiger partial charge in [-0.15, -0.1) is 0 Å². The number of nitrogens with one attached hydrogen (secondary N) is 2. The normalized spacial score (nSPS) is 11.6. The van der Waals surface area contributed by atoms with E-state index in [1.165, 1.54) is 12.1 Å². The monoisotopic (exact) mass is 299 g/mol. The standard InChI is InChI=1S/C13H21N3O3S/c1-11-4-6-12(7-5-11)20(18,19)15-10-13(17)14-8-9-16(2)3/h4-7,15H,8-10H2,1-3H3,(H,14,17). The van der Waals surface area contributed by atoms with E-state index in [2.05, 4.69) is 10.0 Å². The summed E-state index contributed by atoms with van der Waals surface area (Å²) in [5, 5.41) is 2.64. The van der Waals surface area contributed by atoms with Crippen molar-refractivity contribution in [1.82, 2.24) is 14.9 Å². The number of carbonyl (C=O) groups is 1. The van der Waals surface area contributed by atoms with Crippen LogP contribution in [0.25, 0.3) is 0 Å². The third-order valence-corrected chi connectivity index (χ3v) is 4.05. The zero-order chi connectivity index (χ0) is 15.2. The van der Waals surface area contributed by atoms with E-state index < -0.39 is 10.0 Å². The van der Waals surface area contributed by atoms with Crippen molar-refractivity contribution in [1.29, 1.82) is 0 Å². The highest BCUT2D eigenvalue weighted by Crippen LogP contribution is 2.09. The van der Waals surface area contributed by atoms with E-state index in [1.807, 2.05) is 25.9 Å². The minimum atomic E-state index is -3.63. The van der Waals surface area contributed by atoms with Gasteiger partial charge in [-0.25, -0.2) is 13.1 Å². The van der Waals surface area contributed by atoms with Crippen LogP contribution in [0.4, 0.5) is 0 Å². The Morgan fingerprint density at radius 2 is 1.80 bits per heavy atom. The maximum atomic E-state index is 11.9. The fourth-order valence-electron chi connectivity index (χ4n) is 1.44. The molecule has 0 radical (unpaired) electrons. The SMILES string of the molecule is Cc1ccc(S(=O)(=O)NCC(=O)NCCN(C)C)cc1. The second kappa shape index (κ2) is 7.37. The molecule has 0 spiro atoms. The Kier molecular flexibility index (Phi) is 6.12. The summed E-state index contributed by atoms with van der Waals surface area (Å²) in [6, 6.07) is 6.46. The summed E-state index contributed by atoms with van der Waals surface area (Å²) >= 11 is 0. The summed E-state index contributed by atoms with van der Waals surface area (Å²) in [5.74, 6) is -0.345. The molecule has 112 valence electrons. The van der Waals surface area contributed by atoms with Gasteiger partial charge in [-0.1, -0.05) is 17.7 Å². The lowest BCUT2D eigenvalue weighted by molar-refractivity contribution is -0.119. The van der Waals surface area contributed by atoms with E-state index >= 15 is 0 Å². The van der Waals surface area contributed by atoms with Crippen LogP contribution in [0.2, 0.25) is 0 Å². The highest BCUT2D eigenvalue weighted by atomic mass is 32.2. The Balaban J connectivity index is 2.47. The molecule has 0 aromatic heterocycles. The number of sulfonamides is 1. The first-order valence-corrected chi connectivity index (χ1v) is 7.77. The van der Waals surface area contributed by atoms with Crippen molar-refractivity contribution >= 4 is 15.9 Å². The van der Waals surface area contributed by atoms with Crippen LogP contribution in [0, 0.1) is 6.92 Å². The molecular weight excluding hydrogens is 278 g/mol. The maximum absolute atomic E-state index is 11.9. The molecule has 1 rings (SSSR count). The predicted molar refractivity (Wildman–Crippen MR) is 77.9 cm³/mol. The van der Waals surface area contributed by atoms with Gasteiger partial charge in [0.2, 0.25) is 15.9 Å². The Morgan fingerprint density at radius 3 is 2.35 bits per heavy atom. The topological polar surface area (TPSA) is 78.5 Å². The summed E-state index contributed by atoms with van der Waals surface area (Å²) in [6.07, 6.45) is 0. The van der Waals surface area contributed by atoms with Gasteiger partial charge in [0.15, 0.2) is 0 Å². The molecule has 1 aromatic rings. The number of amides is 1. The average molecular weight is 299 g/mol. The lowest BCUT2D eigenvalue weighted by Gasteiger charge is -2.11. The summed E-state index contributed by atoms with van der Waals surface area (Å²) in [4.78, 5) is 13.6. The fourth-order valence-corrected chi connectivity index (χ4v) is 2.42. The quantitative estimate of drug-likeness (QED) is 0.740. The Hall–Kier alpha value is -1.44. The van der Waals surface area contributed by atoms with Gasteiger partial charge in [0.05, 0.1) is 11.4 Å². The summed E-state index contributed by atoms with van der Waals surface area (Å²) in [7, 11) is 0.155. The van der Waals surface area contributed by atoms with Crippen molar-refractivity contribution < 1.29 is 13.2 Å². The van der Waals surface area contributed by atoms with Crippen LogP contribution >= 0.6 is 0 Å². The fraction of sp³-hybridized carbons (Fsp3) is 0.462. The minimum Gasteiger partial charge on any atom is -0.354 e. The molecule has 0 heterocycles. The minimum absolute atomic E-state index is 0.157. The largest absolute Gasteiger partial charge is 0.354 e. The molecule has 2 N–H and O–H groups in total. The van der Waals surface area contributed by atoms with Gasteiger partial charge in [0.25, 0.3) is 0 Å². The van der Waals surface area contributed by atoms with E-state index in [-0.39, 0.29) is 17.3 Å². The highest BCUT2D eigenvalue weighted by Gasteiger charge is 2.14. The van der Waals surface area contributed by atoms with Crippen LogP contribution in [-0.2, 0) is 14.8 Å². The second-order valence-corrected chi connectivity index (χ2v) is 6.56. The molecule has 0 saturated carbocycles. The second-order valence-electron chi connectivity index (χ2n) is 4.79. The molecule has 0 aliphatic rings. The van der Waals surface area contributed by atoms with Crippen LogP contribution in [0.1, 0.15) is 5.56 Å². The third-order valence-electron chi connectivity index (χ3n) is 2.64. The zero-order valence-electron chi connectivity index (χ0n) is 12.0. The lowest BCUT2D eigenvalue weighted by Crippen LogP contribution is -2.39. The average Bonchev–Trinajstić information content (AvgIpc) is 2.36. The van der Waals surface area contributed by atoms with Crippen molar-refractivity contribution in [2.45, 2.75) is 11.8 Å². The number of likely N-dealkylation sites (N-methyl/N-ethyl adjacent to an activating group) is 1. The molecule has 7 heteroatoms. The molecule has 0 aliphatic carbocycles. The van der Waals surface area contributed by atoms with Gasteiger partial charge in [-0.2, -0.15) is 0 Å². The summed E-state index contributed by atoms with van der Waals surface area (Å²) in [5.41, 5.74) is 0.977. The number of nitrogens with zero attached hydrogens (tertiary/aromatic N) is 1. The number of aryl methyl sites for hydroxylation is 1. The molecule has 0 atom stereocenters. The smallest absolute Gasteiger partial charge is 0.241 e. The zero-order valence-corrected chi connectivity index (χ0v) is 12.8. The lowest BCUT2D eigenvalue weighted by atomic mass is 10.2. The molecule has 20 heavy (non-hydrogen) atoms. The number of hydrogen-bond donors (Lipinski definition) is 2. The number of rotatable bonds is 7. The Labute approximate surface area is 120 Å². The van der Waals surface area contributed by atoms with Crippen LogP contribution in [0.3, 0.4) is 0 Å².